The SMILES string of the molecule is Cc1c(F)c(N)cc(-c2nc3c4c(nc(OC[C@H]5C[C@@H]6COCCN65)nc4c2F)N2C[C@H]4CC[C@H](N4)[C@H]2[C@H](C)O3)c1C(F)(F)F. The monoisotopic (exact) mass is 633 g/mol. The first kappa shape index (κ1) is 28.9. The number of morpholine rings is 1. The zero-order chi connectivity index (χ0) is 31.4. The Balaban J connectivity index is 1.30. The maximum atomic E-state index is 16.7. The summed E-state index contributed by atoms with van der Waals surface area (Å²) in [5, 5.41) is 3.76. The molecule has 15 heteroatoms. The van der Waals surface area contributed by atoms with Crippen molar-refractivity contribution in [1.82, 2.24) is 25.2 Å². The highest BCUT2D eigenvalue weighted by Gasteiger charge is 2.48. The lowest BCUT2D eigenvalue weighted by molar-refractivity contribution is -0.137. The topological polar surface area (TPSA) is 111 Å². The molecule has 0 spiro atoms. The van der Waals surface area contributed by atoms with E-state index in [4.69, 9.17) is 24.9 Å². The molecular weight excluding hydrogens is 601 g/mol. The third kappa shape index (κ3) is 4.48. The molecule has 45 heavy (non-hydrogen) atoms. The van der Waals surface area contributed by atoms with Crippen LogP contribution in [0.15, 0.2) is 6.07 Å². The van der Waals surface area contributed by atoms with Gasteiger partial charge in [-0.3, -0.25) is 4.90 Å². The highest BCUT2D eigenvalue weighted by Crippen LogP contribution is 2.47. The first-order valence-corrected chi connectivity index (χ1v) is 15.2. The van der Waals surface area contributed by atoms with E-state index in [1.54, 1.807) is 0 Å². The van der Waals surface area contributed by atoms with Gasteiger partial charge in [-0.15, -0.1) is 0 Å². The van der Waals surface area contributed by atoms with Gasteiger partial charge in [0.2, 0.25) is 5.88 Å². The molecule has 4 fully saturated rings. The average Bonchev–Trinajstić information content (AvgIpc) is 3.30. The smallest absolute Gasteiger partial charge is 0.417 e. The van der Waals surface area contributed by atoms with Gasteiger partial charge in [-0.2, -0.15) is 23.1 Å². The van der Waals surface area contributed by atoms with Crippen molar-refractivity contribution in [1.29, 1.82) is 0 Å². The zero-order valence-corrected chi connectivity index (χ0v) is 24.6. The average molecular weight is 634 g/mol. The molecule has 3 N–H and O–H groups in total. The first-order valence-electron chi connectivity index (χ1n) is 15.2. The van der Waals surface area contributed by atoms with Gasteiger partial charge in [0.05, 0.1) is 30.5 Å². The number of nitrogen functional groups attached to an aromatic ring is 1. The molecule has 0 saturated carbocycles. The number of alkyl halides is 3. The van der Waals surface area contributed by atoms with Crippen molar-refractivity contribution in [2.24, 2.45) is 0 Å². The van der Waals surface area contributed by atoms with E-state index in [0.717, 1.165) is 38.8 Å². The van der Waals surface area contributed by atoms with Gasteiger partial charge in [0.15, 0.2) is 5.82 Å². The highest BCUT2D eigenvalue weighted by molar-refractivity contribution is 5.97. The Kier molecular flexibility index (Phi) is 6.56. The molecule has 1 aromatic carbocycles. The van der Waals surface area contributed by atoms with Crippen molar-refractivity contribution in [2.45, 2.75) is 75.6 Å². The van der Waals surface area contributed by atoms with Gasteiger partial charge >= 0.3 is 12.2 Å². The predicted molar refractivity (Wildman–Crippen MR) is 153 cm³/mol. The summed E-state index contributed by atoms with van der Waals surface area (Å²) in [5.41, 5.74) is 1.38. The Morgan fingerprint density at radius 1 is 1.16 bits per heavy atom. The van der Waals surface area contributed by atoms with Gasteiger partial charge in [0.1, 0.15) is 40.9 Å². The van der Waals surface area contributed by atoms with Crippen LogP contribution >= 0.6 is 0 Å². The summed E-state index contributed by atoms with van der Waals surface area (Å²) in [7, 11) is 0. The second-order valence-corrected chi connectivity index (χ2v) is 12.6. The molecule has 7 heterocycles. The van der Waals surface area contributed by atoms with Crippen LogP contribution in [0, 0.1) is 18.6 Å². The maximum absolute atomic E-state index is 16.7. The Morgan fingerprint density at radius 2 is 1.98 bits per heavy atom. The number of rotatable bonds is 4. The number of halogens is 5. The van der Waals surface area contributed by atoms with Gasteiger partial charge in [-0.05, 0) is 44.7 Å². The minimum atomic E-state index is -5.03. The lowest BCUT2D eigenvalue weighted by Crippen LogP contribution is -2.63. The van der Waals surface area contributed by atoms with Gasteiger partial charge in [0, 0.05) is 42.8 Å². The largest absolute Gasteiger partial charge is 0.472 e. The van der Waals surface area contributed by atoms with Crippen LogP contribution in [0.2, 0.25) is 0 Å². The lowest BCUT2D eigenvalue weighted by Gasteiger charge is -2.50. The number of nitrogens with one attached hydrogen (secondary N) is 1. The molecule has 6 atom stereocenters. The molecule has 0 amide bonds. The van der Waals surface area contributed by atoms with Gasteiger partial charge < -0.3 is 30.2 Å². The number of hydrogen-bond acceptors (Lipinski definition) is 10. The number of pyridine rings is 1. The third-order valence-electron chi connectivity index (χ3n) is 9.98. The Hall–Kier alpha value is -3.56. The van der Waals surface area contributed by atoms with Crippen LogP contribution in [0.3, 0.4) is 0 Å². The minimum absolute atomic E-state index is 0.0522. The van der Waals surface area contributed by atoms with E-state index in [-0.39, 0.29) is 53.6 Å². The van der Waals surface area contributed by atoms with Gasteiger partial charge in [-0.25, -0.2) is 13.8 Å². The second kappa shape index (κ2) is 10.2. The molecule has 4 saturated heterocycles. The number of anilines is 2. The summed E-state index contributed by atoms with van der Waals surface area (Å²) in [6.07, 6.45) is -2.81. The number of benzene rings is 1. The molecule has 2 aromatic heterocycles. The summed E-state index contributed by atoms with van der Waals surface area (Å²) in [6, 6.07) is 1.11. The highest BCUT2D eigenvalue weighted by atomic mass is 19.4. The van der Waals surface area contributed by atoms with Crippen LogP contribution < -0.4 is 25.4 Å². The fraction of sp³-hybridized carbons (Fsp3) is 0.567. The molecule has 5 aliphatic rings. The van der Waals surface area contributed by atoms with Crippen LogP contribution in [0.25, 0.3) is 22.2 Å². The Labute approximate surface area is 255 Å². The molecule has 0 radical (unpaired) electrons. The van der Waals surface area contributed by atoms with E-state index in [2.05, 4.69) is 25.1 Å². The fourth-order valence-corrected chi connectivity index (χ4v) is 7.90. The third-order valence-corrected chi connectivity index (χ3v) is 9.98. The quantitative estimate of drug-likeness (QED) is 0.325. The summed E-state index contributed by atoms with van der Waals surface area (Å²) in [4.78, 5) is 17.9. The van der Waals surface area contributed by atoms with Gasteiger partial charge in [-0.1, -0.05) is 0 Å². The molecule has 2 bridgehead atoms. The number of nitrogens with two attached hydrogens (primary N) is 1. The van der Waals surface area contributed by atoms with Gasteiger partial charge in [0.25, 0.3) is 0 Å². The summed E-state index contributed by atoms with van der Waals surface area (Å²) >= 11 is 0. The predicted octanol–water partition coefficient (Wildman–Crippen LogP) is 3.82. The number of fused-ring (bicyclic) bond motifs is 6. The molecule has 0 aliphatic carbocycles. The van der Waals surface area contributed by atoms with Crippen molar-refractivity contribution in [3.63, 3.8) is 0 Å². The van der Waals surface area contributed by atoms with Crippen LogP contribution in [0.1, 0.15) is 37.3 Å². The van der Waals surface area contributed by atoms with Crippen LogP contribution in [-0.2, 0) is 10.9 Å². The summed E-state index contributed by atoms with van der Waals surface area (Å²) < 4.78 is 92.4. The molecule has 240 valence electrons. The lowest BCUT2D eigenvalue weighted by atomic mass is 9.93. The van der Waals surface area contributed by atoms with Crippen LogP contribution in [-0.4, -0.2) is 89.1 Å². The molecular formula is C30H32F5N7O3. The molecule has 0 unspecified atom stereocenters. The fourth-order valence-electron chi connectivity index (χ4n) is 7.90. The standard InChI is InChI=1S/C30H32F5N7O3/c1-12-21(30(33,34)35)17(8-18(36)22(12)31)24-23(32)25-20-27(40-29(39-25)44-11-16-7-15-10-43-6-5-41(15)16)42-9-14-3-4-19(37-14)26(42)13(2)45-28(20)38-24/h8,13-16,19,26,37H,3-7,9-11,36H2,1-2H3/t13-,14+,15+,16+,19-,26+/m0/s1. The van der Waals surface area contributed by atoms with E-state index in [9.17, 15) is 17.6 Å². The van der Waals surface area contributed by atoms with E-state index in [1.165, 1.54) is 0 Å². The van der Waals surface area contributed by atoms with Crippen LogP contribution in [0.4, 0.5) is 33.5 Å². The van der Waals surface area contributed by atoms with Crippen molar-refractivity contribution in [3.8, 4) is 23.1 Å². The molecule has 5 aliphatic heterocycles. The number of ether oxygens (including phenoxy) is 3. The Bertz CT molecular complexity index is 1710. The van der Waals surface area contributed by atoms with E-state index in [1.807, 2.05) is 6.92 Å². The van der Waals surface area contributed by atoms with Crippen molar-refractivity contribution < 1.29 is 36.2 Å². The molecule has 3 aromatic rings. The Morgan fingerprint density at radius 3 is 2.76 bits per heavy atom. The second-order valence-electron chi connectivity index (χ2n) is 12.6. The zero-order valence-electron chi connectivity index (χ0n) is 24.6. The van der Waals surface area contributed by atoms with Crippen LogP contribution in [0.5, 0.6) is 11.9 Å². The minimum Gasteiger partial charge on any atom is -0.472 e. The van der Waals surface area contributed by atoms with Crippen molar-refractivity contribution >= 4 is 22.4 Å². The van der Waals surface area contributed by atoms with Crippen molar-refractivity contribution in [2.75, 3.05) is 43.5 Å². The maximum Gasteiger partial charge on any atom is 0.417 e. The number of piperazine rings is 1. The number of nitrogens with zero attached hydrogens (tertiary/aromatic N) is 5. The molecule has 10 nitrogen and oxygen atoms in total. The van der Waals surface area contributed by atoms with Crippen molar-refractivity contribution in [3.05, 3.63) is 28.8 Å². The summed E-state index contributed by atoms with van der Waals surface area (Å²) in [6.45, 7) is 5.69. The number of hydrogen-bond donors (Lipinski definition) is 2. The molecule has 8 rings (SSSR count). The normalized spacial score (nSPS) is 29.1. The van der Waals surface area contributed by atoms with E-state index in [0.29, 0.717) is 31.6 Å². The summed E-state index contributed by atoms with van der Waals surface area (Å²) in [5.74, 6) is -2.11. The van der Waals surface area contributed by atoms with E-state index >= 15 is 4.39 Å². The van der Waals surface area contributed by atoms with E-state index < -0.39 is 52.0 Å². The number of aromatic nitrogens is 3. The first-order chi connectivity index (χ1) is 21.5.